The van der Waals surface area contributed by atoms with Crippen molar-refractivity contribution in [2.75, 3.05) is 0 Å². The Morgan fingerprint density at radius 1 is 1.16 bits per heavy atom. The van der Waals surface area contributed by atoms with Gasteiger partial charge < -0.3 is 15.2 Å². The lowest BCUT2D eigenvalue weighted by Gasteiger charge is -2.44. The minimum absolute atomic E-state index is 0.0873. The molecule has 0 saturated heterocycles. The zero-order chi connectivity index (χ0) is 31.8. The van der Waals surface area contributed by atoms with Crippen molar-refractivity contribution in [3.8, 4) is 0 Å². The van der Waals surface area contributed by atoms with Crippen LogP contribution < -0.4 is 0 Å². The Hall–Kier alpha value is -2.83. The number of aromatic amines is 1. The fourth-order valence-electron chi connectivity index (χ4n) is 9.57. The van der Waals surface area contributed by atoms with E-state index in [1.165, 1.54) is 31.3 Å². The summed E-state index contributed by atoms with van der Waals surface area (Å²) in [6.45, 7) is 11.3. The van der Waals surface area contributed by atoms with Crippen molar-refractivity contribution in [2.45, 2.75) is 122 Å². The predicted molar refractivity (Wildman–Crippen MR) is 179 cm³/mol. The Morgan fingerprint density at radius 3 is 2.67 bits per heavy atom. The minimum atomic E-state index is -0.651. The van der Waals surface area contributed by atoms with Gasteiger partial charge in [0.05, 0.1) is 17.9 Å². The molecule has 4 saturated carbocycles. The topological polar surface area (TPSA) is 99.1 Å². The maximum Gasteiger partial charge on any atom is 0.167 e. The van der Waals surface area contributed by atoms with Gasteiger partial charge in [-0.2, -0.15) is 0 Å². The molecule has 3 N–H and O–H groups in total. The Labute approximate surface area is 269 Å². The molecule has 0 unspecified atom stereocenters. The molecule has 2 heterocycles. The van der Waals surface area contributed by atoms with Gasteiger partial charge in [-0.05, 0) is 117 Å². The maximum absolute atomic E-state index is 14.2. The molecule has 45 heavy (non-hydrogen) atoms. The number of nitrogens with zero attached hydrogens (tertiary/aromatic N) is 2. The van der Waals surface area contributed by atoms with Gasteiger partial charge >= 0.3 is 0 Å². The van der Waals surface area contributed by atoms with Gasteiger partial charge in [0.25, 0.3) is 0 Å². The molecule has 0 bridgehead atoms. The van der Waals surface area contributed by atoms with E-state index in [9.17, 15) is 15.0 Å². The van der Waals surface area contributed by atoms with Gasteiger partial charge in [0.15, 0.2) is 5.78 Å². The number of carbonyl (C=O) groups is 1. The number of aliphatic hydroxyl groups excluding tert-OH is 2. The molecule has 0 spiro atoms. The van der Waals surface area contributed by atoms with Crippen LogP contribution in [0.25, 0.3) is 0 Å². The van der Waals surface area contributed by atoms with Crippen LogP contribution in [0.15, 0.2) is 66.2 Å². The second-order valence-electron chi connectivity index (χ2n) is 15.0. The summed E-state index contributed by atoms with van der Waals surface area (Å²) in [4.78, 5) is 26.8. The van der Waals surface area contributed by atoms with Crippen molar-refractivity contribution in [3.63, 3.8) is 0 Å². The smallest absolute Gasteiger partial charge is 0.167 e. The molecule has 0 amide bonds. The van der Waals surface area contributed by atoms with E-state index >= 15 is 0 Å². The number of hydrogen-bond donors (Lipinski definition) is 3. The number of carbonyl (C=O) groups excluding carboxylic acids is 1. The number of Topliss-reactive ketones (excluding diaryl/α,β-unsaturated/α-hetero) is 1. The van der Waals surface area contributed by atoms with Crippen LogP contribution in [0, 0.1) is 29.1 Å². The molecule has 242 valence electrons. The van der Waals surface area contributed by atoms with Gasteiger partial charge in [0.1, 0.15) is 5.82 Å². The van der Waals surface area contributed by atoms with Crippen LogP contribution in [0.4, 0.5) is 0 Å². The molecule has 2 aromatic heterocycles. The summed E-state index contributed by atoms with van der Waals surface area (Å²) in [5.41, 5.74) is 5.20. The summed E-state index contributed by atoms with van der Waals surface area (Å²) < 4.78 is 0. The van der Waals surface area contributed by atoms with E-state index in [4.69, 9.17) is 4.98 Å². The van der Waals surface area contributed by atoms with Crippen LogP contribution in [0.3, 0.4) is 0 Å². The molecule has 0 radical (unpaired) electrons. The third-order valence-corrected chi connectivity index (χ3v) is 12.2. The first-order chi connectivity index (χ1) is 21.7. The van der Waals surface area contributed by atoms with Gasteiger partial charge in [-0.25, -0.2) is 4.98 Å². The normalized spacial score (nSPS) is 32.4. The average Bonchev–Trinajstić information content (AvgIpc) is 3.53. The molecular weight excluding hydrogens is 558 g/mol. The molecule has 4 aliphatic carbocycles. The van der Waals surface area contributed by atoms with E-state index in [0.717, 1.165) is 73.2 Å². The monoisotopic (exact) mass is 611 g/mol. The molecular formula is C39H53N3O3. The van der Waals surface area contributed by atoms with E-state index < -0.39 is 12.2 Å². The number of pyridine rings is 1. The zero-order valence-corrected chi connectivity index (χ0v) is 27.6. The quantitative estimate of drug-likeness (QED) is 0.225. The Bertz CT molecular complexity index is 1440. The summed E-state index contributed by atoms with van der Waals surface area (Å²) in [5, 5.41) is 20.6. The van der Waals surface area contributed by atoms with Crippen molar-refractivity contribution in [3.05, 3.63) is 83.3 Å². The molecule has 6 nitrogen and oxygen atoms in total. The number of allylic oxidation sites excluding steroid dienone is 3. The lowest BCUT2D eigenvalue weighted by Crippen LogP contribution is -2.36. The number of rotatable bonds is 11. The highest BCUT2D eigenvalue weighted by Crippen LogP contribution is 2.61. The number of aliphatic hydroxyl groups is 2. The number of fused-ring (bicyclic) bond motifs is 1. The molecule has 4 fully saturated rings. The van der Waals surface area contributed by atoms with Gasteiger partial charge in [0, 0.05) is 41.9 Å². The average molecular weight is 612 g/mol. The molecule has 7 atom stereocenters. The first-order valence-corrected chi connectivity index (χ1v) is 17.6. The lowest BCUT2D eigenvalue weighted by molar-refractivity contribution is 0.0801. The zero-order valence-electron chi connectivity index (χ0n) is 27.6. The lowest BCUT2D eigenvalue weighted by atomic mass is 9.60. The highest BCUT2D eigenvalue weighted by atomic mass is 16.3. The fourth-order valence-corrected chi connectivity index (χ4v) is 9.57. The second kappa shape index (κ2) is 13.1. The van der Waals surface area contributed by atoms with Crippen LogP contribution >= 0.6 is 0 Å². The van der Waals surface area contributed by atoms with Gasteiger partial charge in [0.2, 0.25) is 0 Å². The van der Waals surface area contributed by atoms with Crippen LogP contribution in [-0.4, -0.2) is 43.2 Å². The van der Waals surface area contributed by atoms with E-state index in [2.05, 4.69) is 49.5 Å². The largest absolute Gasteiger partial charge is 0.393 e. The summed E-state index contributed by atoms with van der Waals surface area (Å²) >= 11 is 0. The van der Waals surface area contributed by atoms with Crippen molar-refractivity contribution in [1.29, 1.82) is 0 Å². The summed E-state index contributed by atoms with van der Waals surface area (Å²) in [6, 6.07) is 3.74. The Balaban J connectivity index is 1.19. The van der Waals surface area contributed by atoms with Crippen LogP contribution in [0.2, 0.25) is 0 Å². The van der Waals surface area contributed by atoms with Gasteiger partial charge in [-0.15, -0.1) is 0 Å². The van der Waals surface area contributed by atoms with Crippen molar-refractivity contribution < 1.29 is 15.0 Å². The number of H-pyrrole nitrogens is 1. The Morgan fingerprint density at radius 2 is 1.93 bits per heavy atom. The predicted octanol–water partition coefficient (Wildman–Crippen LogP) is 7.85. The van der Waals surface area contributed by atoms with E-state index in [1.54, 1.807) is 12.4 Å². The van der Waals surface area contributed by atoms with E-state index in [1.807, 2.05) is 18.3 Å². The van der Waals surface area contributed by atoms with Crippen LogP contribution in [0.1, 0.15) is 120 Å². The number of aromatic nitrogens is 3. The molecule has 2 aromatic rings. The van der Waals surface area contributed by atoms with Crippen molar-refractivity contribution >= 4 is 5.78 Å². The second-order valence-corrected chi connectivity index (χ2v) is 15.0. The SMILES string of the molecule is C=C1/C(=C\C=C2/CCC[C@]3(C)[C@@H]([C@H](C)CC[C@H](C(=O)c4ccncc4)C4(c5nc(CCC)c[nH]5)CC4)CC[C@@H]23)C[C@@H](O)C[C@@H]1O. The van der Waals surface area contributed by atoms with Gasteiger partial charge in [-0.1, -0.05) is 51.5 Å². The minimum Gasteiger partial charge on any atom is -0.393 e. The summed E-state index contributed by atoms with van der Waals surface area (Å²) in [5.74, 6) is 2.87. The standard InChI is InChI=1S/C39H53N3O3/c1-5-7-30-24-41-37(42-30)39(18-19-39)34(36(45)28-15-20-40-21-16-28)12-9-25(2)32-13-14-33-27(8-6-17-38(32,33)4)10-11-29-22-31(43)23-35(44)26(29)3/h10-11,15-16,20-21,24-25,31-35,43-44H,3,5-9,12-14,17-19,22-23H2,1-2,4H3,(H,41,42)/b27-10+,29-11-/t25-,31-,32-,33+,34-,35+,38-/m1/s1. The first kappa shape index (κ1) is 32.1. The molecule has 6 rings (SSSR count). The van der Waals surface area contributed by atoms with Crippen LogP contribution in [-0.2, 0) is 11.8 Å². The van der Waals surface area contributed by atoms with E-state index in [0.29, 0.717) is 30.6 Å². The highest BCUT2D eigenvalue weighted by Gasteiger charge is 2.56. The Kier molecular flexibility index (Phi) is 9.36. The molecule has 0 aliphatic heterocycles. The van der Waals surface area contributed by atoms with Crippen LogP contribution in [0.5, 0.6) is 0 Å². The molecule has 6 heteroatoms. The maximum atomic E-state index is 14.2. The summed E-state index contributed by atoms with van der Waals surface area (Å²) in [6.07, 6.45) is 21.7. The number of aryl methyl sites for hydroxylation is 1. The van der Waals surface area contributed by atoms with Crippen molar-refractivity contribution in [2.24, 2.45) is 29.1 Å². The third kappa shape index (κ3) is 6.30. The number of ketones is 1. The third-order valence-electron chi connectivity index (χ3n) is 12.2. The van der Waals surface area contributed by atoms with Gasteiger partial charge in [-0.3, -0.25) is 9.78 Å². The summed E-state index contributed by atoms with van der Waals surface area (Å²) in [7, 11) is 0. The first-order valence-electron chi connectivity index (χ1n) is 17.6. The molecule has 0 aromatic carbocycles. The number of nitrogens with one attached hydrogen (secondary N) is 1. The van der Waals surface area contributed by atoms with E-state index in [-0.39, 0.29) is 22.5 Å². The fraction of sp³-hybridized carbons (Fsp3) is 0.615. The molecule has 4 aliphatic rings. The van der Waals surface area contributed by atoms with Crippen molar-refractivity contribution in [1.82, 2.24) is 15.0 Å². The highest BCUT2D eigenvalue weighted by molar-refractivity contribution is 5.99. The number of imidazole rings is 1. The number of hydrogen-bond acceptors (Lipinski definition) is 5.